The minimum atomic E-state index is -0.842. The molecular weight excluding hydrogens is 358 g/mol. The zero-order chi connectivity index (χ0) is 10.2. The predicted octanol–water partition coefficient (Wildman–Crippen LogP) is 1.08. The van der Waals surface area contributed by atoms with E-state index >= 15 is 0 Å². The summed E-state index contributed by atoms with van der Waals surface area (Å²) in [6, 6.07) is 10.1. The molecule has 0 saturated heterocycles. The van der Waals surface area contributed by atoms with Crippen molar-refractivity contribution in [1.29, 1.82) is 0 Å². The second kappa shape index (κ2) is 11.8. The third-order valence-electron chi connectivity index (χ3n) is 1.41. The molecule has 0 amide bonds. The molecular formula is C10H10N2O2Y2-2. The van der Waals surface area contributed by atoms with Crippen LogP contribution in [0.3, 0.4) is 0 Å². The Labute approximate surface area is 145 Å². The van der Waals surface area contributed by atoms with Crippen molar-refractivity contribution in [3.05, 3.63) is 30.3 Å². The van der Waals surface area contributed by atoms with E-state index in [9.17, 15) is 4.79 Å². The van der Waals surface area contributed by atoms with Crippen LogP contribution in [-0.4, -0.2) is 24.0 Å². The fourth-order valence-corrected chi connectivity index (χ4v) is 0.778. The summed E-state index contributed by atoms with van der Waals surface area (Å²) in [6.07, 6.45) is 2.59. The van der Waals surface area contributed by atoms with Gasteiger partial charge in [-0.05, 0) is 0 Å². The molecule has 80 valence electrons. The van der Waals surface area contributed by atoms with Gasteiger partial charge in [-0.15, -0.1) is 0 Å². The van der Waals surface area contributed by atoms with E-state index in [1.807, 2.05) is 12.1 Å². The maximum atomic E-state index is 10.1. The monoisotopic (exact) mass is 368 g/mol. The van der Waals surface area contributed by atoms with Gasteiger partial charge in [0.05, 0.1) is 6.42 Å². The van der Waals surface area contributed by atoms with Crippen LogP contribution >= 0.6 is 0 Å². The molecule has 0 aliphatic carbocycles. The fraction of sp³-hybridized carbons (Fsp3) is 0.200. The van der Waals surface area contributed by atoms with Crippen LogP contribution in [0.2, 0.25) is 0 Å². The van der Waals surface area contributed by atoms with Gasteiger partial charge in [0.1, 0.15) is 0 Å². The summed E-state index contributed by atoms with van der Waals surface area (Å²) in [5.74, 6) is -0.842. The zero-order valence-electron chi connectivity index (χ0n) is 8.68. The van der Waals surface area contributed by atoms with Crippen LogP contribution in [0.4, 0.5) is 5.69 Å². The molecule has 0 heterocycles. The topological polar surface area (TPSA) is 61.7 Å². The van der Waals surface area contributed by atoms with E-state index in [2.05, 4.69) is 22.7 Å². The second-order valence-corrected chi connectivity index (χ2v) is 2.54. The first-order chi connectivity index (χ1) is 6.79. The number of aliphatic imine (C=N–C) groups is 1. The van der Waals surface area contributed by atoms with Gasteiger partial charge in [0, 0.05) is 72.0 Å². The summed E-state index contributed by atoms with van der Waals surface area (Å²) in [5.41, 5.74) is 0.662. The van der Waals surface area contributed by atoms with Crippen molar-refractivity contribution in [2.24, 2.45) is 4.99 Å². The SMILES string of the molecule is O=C(O)CCN[C-]=Nc1[c-]cccc1.[Y].[Y]. The Morgan fingerprint density at radius 2 is 2.25 bits per heavy atom. The van der Waals surface area contributed by atoms with E-state index in [-0.39, 0.29) is 71.8 Å². The Hall–Kier alpha value is 0.368. The average Bonchev–Trinajstić information content (AvgIpc) is 2.18. The number of carboxylic acid groups (broad SMARTS) is 1. The van der Waals surface area contributed by atoms with Crippen molar-refractivity contribution in [3.63, 3.8) is 0 Å². The van der Waals surface area contributed by atoms with Crippen LogP contribution in [0.1, 0.15) is 6.42 Å². The third-order valence-corrected chi connectivity index (χ3v) is 1.41. The number of carboxylic acids is 1. The van der Waals surface area contributed by atoms with Gasteiger partial charge in [0.25, 0.3) is 0 Å². The molecule has 16 heavy (non-hydrogen) atoms. The molecule has 0 unspecified atom stereocenters. The summed E-state index contributed by atoms with van der Waals surface area (Å²) >= 11 is 0. The van der Waals surface area contributed by atoms with E-state index < -0.39 is 5.97 Å². The molecule has 1 aromatic rings. The van der Waals surface area contributed by atoms with Crippen molar-refractivity contribution in [1.82, 2.24) is 5.32 Å². The summed E-state index contributed by atoms with van der Waals surface area (Å²) in [4.78, 5) is 14.0. The summed E-state index contributed by atoms with van der Waals surface area (Å²) in [5, 5.41) is 11.0. The van der Waals surface area contributed by atoms with Crippen molar-refractivity contribution in [3.8, 4) is 0 Å². The largest absolute Gasteiger partial charge is 0.481 e. The number of nitrogens with one attached hydrogen (secondary N) is 1. The summed E-state index contributed by atoms with van der Waals surface area (Å²) in [7, 11) is 0. The van der Waals surface area contributed by atoms with E-state index in [1.54, 1.807) is 12.1 Å². The van der Waals surface area contributed by atoms with E-state index in [1.165, 1.54) is 0 Å². The van der Waals surface area contributed by atoms with Gasteiger partial charge < -0.3 is 15.4 Å². The molecule has 0 bridgehead atoms. The van der Waals surface area contributed by atoms with Gasteiger partial charge in [-0.1, -0.05) is 6.34 Å². The van der Waals surface area contributed by atoms with Gasteiger partial charge in [0.2, 0.25) is 0 Å². The van der Waals surface area contributed by atoms with Crippen LogP contribution in [0.5, 0.6) is 0 Å². The minimum Gasteiger partial charge on any atom is -0.481 e. The molecule has 6 heteroatoms. The predicted molar refractivity (Wildman–Crippen MR) is 52.6 cm³/mol. The summed E-state index contributed by atoms with van der Waals surface area (Å²) in [6.45, 7) is 0.325. The molecule has 0 aliphatic rings. The Morgan fingerprint density at radius 1 is 1.50 bits per heavy atom. The molecule has 1 aromatic carbocycles. The van der Waals surface area contributed by atoms with Crippen molar-refractivity contribution >= 4 is 18.0 Å². The number of hydrogen-bond donors (Lipinski definition) is 2. The molecule has 0 aromatic heterocycles. The number of rotatable bonds is 5. The van der Waals surface area contributed by atoms with Crippen LogP contribution in [0.15, 0.2) is 29.3 Å². The van der Waals surface area contributed by atoms with Crippen molar-refractivity contribution < 1.29 is 75.3 Å². The molecule has 0 saturated carbocycles. The quantitative estimate of drug-likeness (QED) is 0.269. The molecule has 0 fully saturated rings. The molecule has 2 N–H and O–H groups in total. The van der Waals surface area contributed by atoms with Gasteiger partial charge in [0.15, 0.2) is 0 Å². The van der Waals surface area contributed by atoms with Crippen molar-refractivity contribution in [2.45, 2.75) is 6.42 Å². The average molecular weight is 368 g/mol. The number of hydrogen-bond acceptors (Lipinski definition) is 2. The number of carbonyl (C=O) groups is 1. The number of nitrogens with zero attached hydrogens (tertiary/aromatic N) is 1. The van der Waals surface area contributed by atoms with E-state index in [4.69, 9.17) is 5.11 Å². The van der Waals surface area contributed by atoms with Crippen LogP contribution in [0.25, 0.3) is 0 Å². The Bertz CT molecular complexity index is 318. The first-order valence-corrected chi connectivity index (χ1v) is 4.16. The van der Waals surface area contributed by atoms with Gasteiger partial charge in [-0.2, -0.15) is 18.2 Å². The van der Waals surface area contributed by atoms with Crippen LogP contribution < -0.4 is 5.32 Å². The first kappa shape index (κ1) is 18.7. The third kappa shape index (κ3) is 9.58. The maximum absolute atomic E-state index is 10.1. The van der Waals surface area contributed by atoms with Gasteiger partial charge >= 0.3 is 5.97 Å². The number of aliphatic carboxylic acids is 1. The Kier molecular flexibility index (Phi) is 13.9. The molecule has 0 spiro atoms. The maximum Gasteiger partial charge on any atom is 0.305 e. The van der Waals surface area contributed by atoms with Crippen LogP contribution in [-0.2, 0) is 70.2 Å². The smallest absolute Gasteiger partial charge is 0.305 e. The van der Waals surface area contributed by atoms with E-state index in [0.717, 1.165) is 0 Å². The first-order valence-electron chi connectivity index (χ1n) is 4.16. The molecule has 4 nitrogen and oxygen atoms in total. The Morgan fingerprint density at radius 3 is 2.81 bits per heavy atom. The second-order valence-electron chi connectivity index (χ2n) is 2.54. The molecule has 0 aliphatic heterocycles. The zero-order valence-corrected chi connectivity index (χ0v) is 14.4. The minimum absolute atomic E-state index is 0. The van der Waals surface area contributed by atoms with E-state index in [0.29, 0.717) is 12.2 Å². The van der Waals surface area contributed by atoms with Crippen molar-refractivity contribution in [2.75, 3.05) is 6.54 Å². The molecule has 0 atom stereocenters. The number of para-hydroxylation sites is 1. The number of benzene rings is 1. The molecule has 2 radical (unpaired) electrons. The standard InChI is InChI=1S/C10H10N2O2.2Y/c13-10(14)6-7-11-8-12-9-4-2-1-3-5-9;;/h1-4H,6-7H2,(H,11,12)(H,13,14);;/q-2;;. The van der Waals surface area contributed by atoms with Gasteiger partial charge in [-0.3, -0.25) is 10.9 Å². The Balaban J connectivity index is 0. The molecule has 1 rings (SSSR count). The van der Waals surface area contributed by atoms with Crippen LogP contribution in [0, 0.1) is 6.07 Å². The van der Waals surface area contributed by atoms with Gasteiger partial charge in [-0.25, -0.2) is 11.8 Å². The normalized spacial score (nSPS) is 9.00. The summed E-state index contributed by atoms with van der Waals surface area (Å²) < 4.78 is 0. The fourth-order valence-electron chi connectivity index (χ4n) is 0.778.